The molecule has 1 aliphatic rings. The Morgan fingerprint density at radius 1 is 0.947 bits per heavy atom. The smallest absolute Gasteiger partial charge is 0.0385 e. The molecule has 3 rings (SSSR count). The Labute approximate surface area is 114 Å². The Kier molecular flexibility index (Phi) is 3.38. The normalized spacial score (nSPS) is 18.6. The molecule has 3 N–H and O–H groups in total. The van der Waals surface area contributed by atoms with E-state index in [0.717, 1.165) is 30.9 Å². The second-order valence-electron chi connectivity index (χ2n) is 5.03. The highest BCUT2D eigenvalue weighted by Gasteiger charge is 2.18. The Bertz CT molecular complexity index is 521. The van der Waals surface area contributed by atoms with Gasteiger partial charge in [-0.05, 0) is 42.8 Å². The van der Waals surface area contributed by atoms with Gasteiger partial charge in [0.15, 0.2) is 0 Å². The molecule has 1 heterocycles. The topological polar surface area (TPSA) is 41.3 Å². The van der Waals surface area contributed by atoms with Crippen LogP contribution in [0.15, 0.2) is 54.6 Å². The average molecular weight is 253 g/mol. The highest BCUT2D eigenvalue weighted by Crippen LogP contribution is 2.23. The van der Waals surface area contributed by atoms with Gasteiger partial charge in [-0.15, -0.1) is 0 Å². The maximum absolute atomic E-state index is 5.94. The predicted octanol–water partition coefficient (Wildman–Crippen LogP) is 2.97. The number of para-hydroxylation sites is 1. The SMILES string of the molecule is NC1CCN(c2ccc(Nc3ccccc3)cc2)C1. The highest BCUT2D eigenvalue weighted by molar-refractivity contribution is 5.63. The first kappa shape index (κ1) is 12.1. The van der Waals surface area contributed by atoms with Crippen LogP contribution in [-0.2, 0) is 0 Å². The van der Waals surface area contributed by atoms with Gasteiger partial charge in [0.1, 0.15) is 0 Å². The van der Waals surface area contributed by atoms with E-state index >= 15 is 0 Å². The van der Waals surface area contributed by atoms with E-state index in [4.69, 9.17) is 5.73 Å². The van der Waals surface area contributed by atoms with Crippen molar-refractivity contribution in [1.82, 2.24) is 0 Å². The molecule has 0 amide bonds. The molecule has 0 aliphatic carbocycles. The monoisotopic (exact) mass is 253 g/mol. The lowest BCUT2D eigenvalue weighted by Gasteiger charge is -2.18. The molecule has 1 aliphatic heterocycles. The highest BCUT2D eigenvalue weighted by atomic mass is 15.2. The number of anilines is 3. The minimum Gasteiger partial charge on any atom is -0.370 e. The van der Waals surface area contributed by atoms with Crippen molar-refractivity contribution in [2.24, 2.45) is 5.73 Å². The third kappa shape index (κ3) is 2.88. The quantitative estimate of drug-likeness (QED) is 0.883. The van der Waals surface area contributed by atoms with Crippen LogP contribution in [0.25, 0.3) is 0 Å². The first-order chi connectivity index (χ1) is 9.31. The number of hydrogen-bond donors (Lipinski definition) is 2. The van der Waals surface area contributed by atoms with Gasteiger partial charge >= 0.3 is 0 Å². The Morgan fingerprint density at radius 2 is 1.63 bits per heavy atom. The molecule has 1 fully saturated rings. The van der Waals surface area contributed by atoms with Crippen LogP contribution in [0.1, 0.15) is 6.42 Å². The summed E-state index contributed by atoms with van der Waals surface area (Å²) in [5, 5.41) is 3.39. The van der Waals surface area contributed by atoms with Crippen molar-refractivity contribution < 1.29 is 0 Å². The van der Waals surface area contributed by atoms with Crippen molar-refractivity contribution >= 4 is 17.1 Å². The number of nitrogens with two attached hydrogens (primary N) is 1. The summed E-state index contributed by atoms with van der Waals surface area (Å²) in [5.74, 6) is 0. The fourth-order valence-corrected chi connectivity index (χ4v) is 2.47. The van der Waals surface area contributed by atoms with E-state index in [-0.39, 0.29) is 0 Å². The molecule has 2 aromatic rings. The molecule has 1 unspecified atom stereocenters. The minimum atomic E-state index is 0.321. The van der Waals surface area contributed by atoms with Gasteiger partial charge in [-0.1, -0.05) is 18.2 Å². The summed E-state index contributed by atoms with van der Waals surface area (Å²) in [4.78, 5) is 2.34. The molecular formula is C16H19N3. The van der Waals surface area contributed by atoms with Crippen LogP contribution >= 0.6 is 0 Å². The Hall–Kier alpha value is -2.00. The fraction of sp³-hybridized carbons (Fsp3) is 0.250. The van der Waals surface area contributed by atoms with E-state index in [1.807, 2.05) is 18.2 Å². The van der Waals surface area contributed by atoms with E-state index in [0.29, 0.717) is 6.04 Å². The second-order valence-corrected chi connectivity index (χ2v) is 5.03. The van der Waals surface area contributed by atoms with Gasteiger partial charge in [0.2, 0.25) is 0 Å². The summed E-state index contributed by atoms with van der Waals surface area (Å²) in [6.07, 6.45) is 1.09. The molecular weight excluding hydrogens is 234 g/mol. The van der Waals surface area contributed by atoms with Crippen LogP contribution < -0.4 is 16.0 Å². The van der Waals surface area contributed by atoms with E-state index in [2.05, 4.69) is 46.6 Å². The van der Waals surface area contributed by atoms with E-state index in [1.54, 1.807) is 0 Å². The standard InChI is InChI=1S/C16H19N3/c17-13-10-11-19(12-13)16-8-6-15(7-9-16)18-14-4-2-1-3-5-14/h1-9,13,18H,10-12,17H2. The van der Waals surface area contributed by atoms with Gasteiger partial charge in [0.05, 0.1) is 0 Å². The molecule has 1 saturated heterocycles. The van der Waals surface area contributed by atoms with Gasteiger partial charge in [0, 0.05) is 36.2 Å². The molecule has 98 valence electrons. The molecule has 1 atom stereocenters. The molecule has 3 heteroatoms. The number of rotatable bonds is 3. The lowest BCUT2D eigenvalue weighted by molar-refractivity contribution is 0.752. The molecule has 0 aromatic heterocycles. The van der Waals surface area contributed by atoms with Crippen molar-refractivity contribution in [3.8, 4) is 0 Å². The maximum Gasteiger partial charge on any atom is 0.0385 e. The van der Waals surface area contributed by atoms with Crippen molar-refractivity contribution in [3.63, 3.8) is 0 Å². The molecule has 2 aromatic carbocycles. The van der Waals surface area contributed by atoms with Crippen LogP contribution in [0.3, 0.4) is 0 Å². The fourth-order valence-electron chi connectivity index (χ4n) is 2.47. The number of hydrogen-bond acceptors (Lipinski definition) is 3. The lowest BCUT2D eigenvalue weighted by atomic mass is 10.2. The minimum absolute atomic E-state index is 0.321. The third-order valence-electron chi connectivity index (χ3n) is 3.52. The lowest BCUT2D eigenvalue weighted by Crippen LogP contribution is -2.26. The van der Waals surface area contributed by atoms with Crippen molar-refractivity contribution in [3.05, 3.63) is 54.6 Å². The zero-order valence-electron chi connectivity index (χ0n) is 10.9. The van der Waals surface area contributed by atoms with Gasteiger partial charge in [0.25, 0.3) is 0 Å². The summed E-state index contributed by atoms with van der Waals surface area (Å²) < 4.78 is 0. The summed E-state index contributed by atoms with van der Waals surface area (Å²) >= 11 is 0. The third-order valence-corrected chi connectivity index (χ3v) is 3.52. The van der Waals surface area contributed by atoms with Crippen LogP contribution in [0.2, 0.25) is 0 Å². The molecule has 0 saturated carbocycles. The van der Waals surface area contributed by atoms with Gasteiger partial charge in [-0.25, -0.2) is 0 Å². The van der Waals surface area contributed by atoms with Crippen molar-refractivity contribution in [2.45, 2.75) is 12.5 Å². The number of benzene rings is 2. The zero-order valence-corrected chi connectivity index (χ0v) is 10.9. The van der Waals surface area contributed by atoms with Crippen LogP contribution in [0.4, 0.5) is 17.1 Å². The summed E-state index contributed by atoms with van der Waals surface area (Å²) in [6.45, 7) is 2.03. The first-order valence-electron chi connectivity index (χ1n) is 6.74. The van der Waals surface area contributed by atoms with Crippen molar-refractivity contribution in [2.75, 3.05) is 23.3 Å². The van der Waals surface area contributed by atoms with E-state index in [9.17, 15) is 0 Å². The van der Waals surface area contributed by atoms with Crippen LogP contribution in [0, 0.1) is 0 Å². The number of nitrogens with zero attached hydrogens (tertiary/aromatic N) is 1. The van der Waals surface area contributed by atoms with Gasteiger partial charge in [-0.2, -0.15) is 0 Å². The largest absolute Gasteiger partial charge is 0.370 e. The summed E-state index contributed by atoms with van der Waals surface area (Å²) in [7, 11) is 0. The van der Waals surface area contributed by atoms with E-state index in [1.165, 1.54) is 5.69 Å². The number of nitrogens with one attached hydrogen (secondary N) is 1. The average Bonchev–Trinajstić information content (AvgIpc) is 2.87. The van der Waals surface area contributed by atoms with Crippen LogP contribution in [-0.4, -0.2) is 19.1 Å². The zero-order chi connectivity index (χ0) is 13.1. The van der Waals surface area contributed by atoms with Crippen LogP contribution in [0.5, 0.6) is 0 Å². The molecule has 19 heavy (non-hydrogen) atoms. The molecule has 0 radical (unpaired) electrons. The molecule has 0 bridgehead atoms. The first-order valence-corrected chi connectivity index (χ1v) is 6.74. The summed E-state index contributed by atoms with van der Waals surface area (Å²) in [6, 6.07) is 19.1. The summed E-state index contributed by atoms with van der Waals surface area (Å²) in [5.41, 5.74) is 9.42. The second kappa shape index (κ2) is 5.33. The van der Waals surface area contributed by atoms with Crippen molar-refractivity contribution in [1.29, 1.82) is 0 Å². The van der Waals surface area contributed by atoms with Gasteiger partial charge in [-0.3, -0.25) is 0 Å². The Balaban J connectivity index is 1.69. The van der Waals surface area contributed by atoms with E-state index < -0.39 is 0 Å². The predicted molar refractivity (Wildman–Crippen MR) is 81.0 cm³/mol. The van der Waals surface area contributed by atoms with Gasteiger partial charge < -0.3 is 16.0 Å². The maximum atomic E-state index is 5.94. The Morgan fingerprint density at radius 3 is 2.26 bits per heavy atom. The molecule has 3 nitrogen and oxygen atoms in total. The molecule has 0 spiro atoms.